The van der Waals surface area contributed by atoms with Crippen LogP contribution >= 0.6 is 11.6 Å². The van der Waals surface area contributed by atoms with Crippen LogP contribution in [0.3, 0.4) is 0 Å². The average molecular weight is 438 g/mol. The van der Waals surface area contributed by atoms with E-state index in [1.165, 1.54) is 0 Å². The summed E-state index contributed by atoms with van der Waals surface area (Å²) in [6.07, 6.45) is 4.91. The minimum Gasteiger partial charge on any atom is -0.368 e. The molecule has 1 aliphatic heterocycles. The molecule has 0 bridgehead atoms. The second kappa shape index (κ2) is 9.18. The molecule has 160 valence electrons. The highest BCUT2D eigenvalue weighted by atomic mass is 35.5. The summed E-state index contributed by atoms with van der Waals surface area (Å²) in [4.78, 5) is 28.2. The number of benzene rings is 1. The molecule has 0 aliphatic carbocycles. The van der Waals surface area contributed by atoms with Crippen LogP contribution in [0.5, 0.6) is 0 Å². The molecule has 3 aromatic rings. The normalized spacial score (nSPS) is 13.9. The zero-order valence-electron chi connectivity index (χ0n) is 17.2. The summed E-state index contributed by atoms with van der Waals surface area (Å²) in [6, 6.07) is 9.57. The lowest BCUT2D eigenvalue weighted by Crippen LogP contribution is -2.50. The van der Waals surface area contributed by atoms with Crippen LogP contribution in [0.2, 0.25) is 5.02 Å². The molecule has 3 heterocycles. The molecule has 9 heteroatoms. The molecule has 0 spiro atoms. The maximum atomic E-state index is 12.8. The van der Waals surface area contributed by atoms with Crippen molar-refractivity contribution in [2.24, 2.45) is 0 Å². The molecule has 0 unspecified atom stereocenters. The first kappa shape index (κ1) is 20.9. The molecule has 1 fully saturated rings. The van der Waals surface area contributed by atoms with E-state index in [0.717, 1.165) is 29.4 Å². The fraction of sp³-hybridized carbons (Fsp3) is 0.273. The molecule has 4 rings (SSSR count). The number of aryl methyl sites for hydroxylation is 1. The van der Waals surface area contributed by atoms with Crippen molar-refractivity contribution in [2.75, 3.05) is 42.9 Å². The van der Waals surface area contributed by atoms with Gasteiger partial charge in [0.15, 0.2) is 5.82 Å². The van der Waals surface area contributed by atoms with E-state index in [-0.39, 0.29) is 18.2 Å². The summed E-state index contributed by atoms with van der Waals surface area (Å²) in [6.45, 7) is 4.96. The van der Waals surface area contributed by atoms with Crippen LogP contribution in [0.1, 0.15) is 17.0 Å². The van der Waals surface area contributed by atoms with Gasteiger partial charge in [0.25, 0.3) is 0 Å². The van der Waals surface area contributed by atoms with Crippen LogP contribution in [-0.4, -0.2) is 64.2 Å². The number of nitrogens with one attached hydrogen (secondary N) is 3. The first-order valence-electron chi connectivity index (χ1n) is 10.1. The highest BCUT2D eigenvalue weighted by Gasteiger charge is 2.22. The molecule has 31 heavy (non-hydrogen) atoms. The Bertz CT molecular complexity index is 1080. The van der Waals surface area contributed by atoms with Crippen molar-refractivity contribution in [3.05, 3.63) is 70.9 Å². The van der Waals surface area contributed by atoms with Crippen LogP contribution in [0.25, 0.3) is 0 Å². The van der Waals surface area contributed by atoms with E-state index in [0.29, 0.717) is 30.3 Å². The zero-order valence-corrected chi connectivity index (χ0v) is 18.0. The number of anilines is 2. The number of nitrogens with zero attached hydrogens (tertiary/aromatic N) is 4. The smallest absolute Gasteiger partial charge is 0.242 e. The molecule has 1 aromatic carbocycles. The summed E-state index contributed by atoms with van der Waals surface area (Å²) >= 11 is 6.13. The largest absolute Gasteiger partial charge is 0.368 e. The summed E-state index contributed by atoms with van der Waals surface area (Å²) in [7, 11) is 0. The van der Waals surface area contributed by atoms with Gasteiger partial charge >= 0.3 is 0 Å². The van der Waals surface area contributed by atoms with Gasteiger partial charge in [-0.05, 0) is 42.8 Å². The maximum Gasteiger partial charge on any atom is 0.242 e. The van der Waals surface area contributed by atoms with E-state index in [9.17, 15) is 4.79 Å². The highest BCUT2D eigenvalue weighted by molar-refractivity contribution is 6.31. The van der Waals surface area contributed by atoms with Crippen molar-refractivity contribution in [3.8, 4) is 0 Å². The number of amides is 1. The summed E-state index contributed by atoms with van der Waals surface area (Å²) < 4.78 is 0. The molecule has 2 aromatic heterocycles. The number of piperazine rings is 1. The number of aromatic nitrogens is 3. The Labute approximate surface area is 185 Å². The molecule has 3 N–H and O–H groups in total. The van der Waals surface area contributed by atoms with Gasteiger partial charge in [0.1, 0.15) is 11.5 Å². The third kappa shape index (κ3) is 4.69. The van der Waals surface area contributed by atoms with Gasteiger partial charge in [0, 0.05) is 61.0 Å². The highest BCUT2D eigenvalue weighted by Crippen LogP contribution is 2.23. The number of H-pyrrole nitrogens is 1. The number of carbonyl (C=O) groups excluding carboxylic acids is 1. The maximum absolute atomic E-state index is 12.8. The van der Waals surface area contributed by atoms with Gasteiger partial charge < -0.3 is 20.1 Å². The molecule has 8 nitrogen and oxygen atoms in total. The Kier molecular flexibility index (Phi) is 6.18. The van der Waals surface area contributed by atoms with E-state index < -0.39 is 0 Å². The lowest BCUT2D eigenvalue weighted by Gasteiger charge is -2.36. The Morgan fingerprint density at radius 2 is 2.00 bits per heavy atom. The number of halogens is 1. The fourth-order valence-electron chi connectivity index (χ4n) is 3.59. The van der Waals surface area contributed by atoms with Crippen LogP contribution in [0.4, 0.5) is 11.5 Å². The van der Waals surface area contributed by atoms with Gasteiger partial charge in [-0.2, -0.15) is 0 Å². The molecule has 1 aliphatic rings. The van der Waals surface area contributed by atoms with Crippen LogP contribution < -0.4 is 10.2 Å². The Morgan fingerprint density at radius 3 is 2.71 bits per heavy atom. The van der Waals surface area contributed by atoms with E-state index in [1.807, 2.05) is 24.0 Å². The number of carbonyl (C=O) groups is 1. The number of hydrogen-bond acceptors (Lipinski definition) is 6. The number of imidazole rings is 1. The van der Waals surface area contributed by atoms with E-state index >= 15 is 0 Å². The molecular weight excluding hydrogens is 414 g/mol. The van der Waals surface area contributed by atoms with Gasteiger partial charge in [0.05, 0.1) is 6.54 Å². The first-order chi connectivity index (χ1) is 15.0. The Hall–Kier alpha value is -3.39. The zero-order chi connectivity index (χ0) is 21.8. The van der Waals surface area contributed by atoms with Gasteiger partial charge in [-0.15, -0.1) is 0 Å². The minimum absolute atomic E-state index is 0.00747. The Balaban J connectivity index is 1.34. The second-order valence-electron chi connectivity index (χ2n) is 7.37. The fourth-order valence-corrected chi connectivity index (χ4v) is 3.71. The van der Waals surface area contributed by atoms with Crippen LogP contribution in [-0.2, 0) is 4.79 Å². The van der Waals surface area contributed by atoms with Gasteiger partial charge in [-0.1, -0.05) is 11.6 Å². The first-order valence-corrected chi connectivity index (χ1v) is 10.5. The number of pyridine rings is 1. The predicted molar refractivity (Wildman–Crippen MR) is 122 cm³/mol. The minimum atomic E-state index is 0.00747. The van der Waals surface area contributed by atoms with Crippen molar-refractivity contribution < 1.29 is 4.79 Å². The third-order valence-corrected chi connectivity index (χ3v) is 5.78. The number of rotatable bonds is 6. The summed E-state index contributed by atoms with van der Waals surface area (Å²) in [5.74, 6) is 0.955. The van der Waals surface area contributed by atoms with Gasteiger partial charge in [-0.3, -0.25) is 10.2 Å². The Morgan fingerprint density at radius 1 is 1.19 bits per heavy atom. The predicted octanol–water partition coefficient (Wildman–Crippen LogP) is 2.94. The van der Waals surface area contributed by atoms with Crippen molar-refractivity contribution in [1.29, 1.82) is 5.41 Å². The molecule has 0 radical (unpaired) electrons. The summed E-state index contributed by atoms with van der Waals surface area (Å²) in [5.41, 5.74) is 2.99. The average Bonchev–Trinajstić information content (AvgIpc) is 3.34. The van der Waals surface area contributed by atoms with Crippen molar-refractivity contribution in [2.45, 2.75) is 6.92 Å². The quantitative estimate of drug-likeness (QED) is 0.515. The van der Waals surface area contributed by atoms with Crippen molar-refractivity contribution in [1.82, 2.24) is 19.9 Å². The van der Waals surface area contributed by atoms with Gasteiger partial charge in [-0.25, -0.2) is 9.97 Å². The van der Waals surface area contributed by atoms with Crippen molar-refractivity contribution >= 4 is 34.7 Å². The number of hydrogen-bond donors (Lipinski definition) is 3. The standard InChI is InChI=1S/C22H24ClN7O/c1-15-13-16(4-5-18(15)23)29-9-11-30(12-10-29)19(31)14-28-21-17(3-2-6-25-21)20(24)22-26-7-8-27-22/h2-8,13,24H,9-12,14H2,1H3,(H,25,28)(H,26,27). The lowest BCUT2D eigenvalue weighted by molar-refractivity contribution is -0.129. The molecule has 0 saturated carbocycles. The molecule has 0 atom stereocenters. The third-order valence-electron chi connectivity index (χ3n) is 5.36. The van der Waals surface area contributed by atoms with Crippen LogP contribution in [0.15, 0.2) is 48.9 Å². The molecule has 1 amide bonds. The summed E-state index contributed by atoms with van der Waals surface area (Å²) in [5, 5.41) is 12.2. The lowest BCUT2D eigenvalue weighted by atomic mass is 10.1. The van der Waals surface area contributed by atoms with Gasteiger partial charge in [0.2, 0.25) is 5.91 Å². The van der Waals surface area contributed by atoms with Crippen molar-refractivity contribution in [3.63, 3.8) is 0 Å². The van der Waals surface area contributed by atoms with E-state index in [1.54, 1.807) is 30.7 Å². The van der Waals surface area contributed by atoms with Crippen LogP contribution in [0, 0.1) is 12.3 Å². The SMILES string of the molecule is Cc1cc(N2CCN(C(=O)CNc3ncccc3C(=N)c3ncc[nH]3)CC2)ccc1Cl. The topological polar surface area (TPSA) is 101 Å². The van der Waals surface area contributed by atoms with E-state index in [4.69, 9.17) is 17.0 Å². The number of aromatic amines is 1. The van der Waals surface area contributed by atoms with E-state index in [2.05, 4.69) is 31.2 Å². The second-order valence-corrected chi connectivity index (χ2v) is 7.77. The molecule has 1 saturated heterocycles. The monoisotopic (exact) mass is 437 g/mol. The molecular formula is C22H24ClN7O.